The number of fused-ring (bicyclic) bond motifs is 1. The monoisotopic (exact) mass is 378 g/mol. The molecule has 0 aliphatic rings. The predicted molar refractivity (Wildman–Crippen MR) is 98.0 cm³/mol. The maximum absolute atomic E-state index is 14.3. The summed E-state index contributed by atoms with van der Waals surface area (Å²) >= 11 is 0. The molecular formula is C18H12F2N8. The van der Waals surface area contributed by atoms with Crippen molar-refractivity contribution in [2.75, 3.05) is 11.1 Å². The van der Waals surface area contributed by atoms with Gasteiger partial charge < -0.3 is 11.1 Å². The smallest absolute Gasteiger partial charge is 0.222 e. The van der Waals surface area contributed by atoms with Gasteiger partial charge in [0.25, 0.3) is 0 Å². The first-order valence-electron chi connectivity index (χ1n) is 8.07. The first kappa shape index (κ1) is 17.3. The van der Waals surface area contributed by atoms with E-state index in [0.29, 0.717) is 11.5 Å². The van der Waals surface area contributed by atoms with Gasteiger partial charge in [0.1, 0.15) is 34.7 Å². The van der Waals surface area contributed by atoms with Gasteiger partial charge >= 0.3 is 0 Å². The number of nitriles is 1. The van der Waals surface area contributed by atoms with Crippen LogP contribution < -0.4 is 11.1 Å². The van der Waals surface area contributed by atoms with Crippen LogP contribution in [0.15, 0.2) is 36.7 Å². The lowest BCUT2D eigenvalue weighted by atomic mass is 10.2. The van der Waals surface area contributed by atoms with Crippen LogP contribution in [0.4, 0.5) is 26.4 Å². The number of para-hydroxylation sites is 1. The Morgan fingerprint density at radius 1 is 1.21 bits per heavy atom. The number of anilines is 3. The molecule has 3 aromatic heterocycles. The molecule has 0 unspecified atom stereocenters. The zero-order valence-corrected chi connectivity index (χ0v) is 14.5. The van der Waals surface area contributed by atoms with E-state index >= 15 is 0 Å². The number of nitrogens with one attached hydrogen (secondary N) is 1. The molecule has 0 atom stereocenters. The molecule has 0 radical (unpaired) electrons. The zero-order chi connectivity index (χ0) is 19.8. The summed E-state index contributed by atoms with van der Waals surface area (Å²) < 4.78 is 29.7. The number of benzene rings is 1. The summed E-state index contributed by atoms with van der Waals surface area (Å²) in [6.45, 7) is 1.75. The summed E-state index contributed by atoms with van der Waals surface area (Å²) in [5.74, 6) is -0.667. The Kier molecular flexibility index (Phi) is 4.04. The van der Waals surface area contributed by atoms with Gasteiger partial charge in [0.2, 0.25) is 5.95 Å². The van der Waals surface area contributed by atoms with E-state index in [1.807, 2.05) is 6.07 Å². The van der Waals surface area contributed by atoms with E-state index in [2.05, 4.69) is 25.4 Å². The lowest BCUT2D eigenvalue weighted by molar-refractivity contribution is 0.608. The number of aromatic nitrogens is 5. The van der Waals surface area contributed by atoms with E-state index < -0.39 is 11.6 Å². The lowest BCUT2D eigenvalue weighted by Crippen LogP contribution is -2.02. The fraction of sp³-hybridized carbons (Fsp3) is 0.0556. The predicted octanol–water partition coefficient (Wildman–Crippen LogP) is 2.99. The average molecular weight is 378 g/mol. The summed E-state index contributed by atoms with van der Waals surface area (Å²) in [7, 11) is 0. The molecule has 3 N–H and O–H groups in total. The van der Waals surface area contributed by atoms with E-state index in [9.17, 15) is 14.0 Å². The highest BCUT2D eigenvalue weighted by Gasteiger charge is 2.17. The fourth-order valence-corrected chi connectivity index (χ4v) is 2.80. The van der Waals surface area contributed by atoms with Crippen LogP contribution in [-0.4, -0.2) is 24.7 Å². The van der Waals surface area contributed by atoms with Crippen molar-refractivity contribution in [3.63, 3.8) is 0 Å². The van der Waals surface area contributed by atoms with E-state index in [4.69, 9.17) is 5.73 Å². The molecule has 10 heteroatoms. The Bertz CT molecular complexity index is 1240. The number of nitrogens with zero attached hydrogens (tertiary/aromatic N) is 6. The highest BCUT2D eigenvalue weighted by atomic mass is 19.1. The van der Waals surface area contributed by atoms with E-state index in [0.717, 1.165) is 10.9 Å². The number of nitrogen functional groups attached to an aromatic ring is 1. The minimum absolute atomic E-state index is 0.0385. The van der Waals surface area contributed by atoms with Crippen LogP contribution in [0.5, 0.6) is 0 Å². The zero-order valence-electron chi connectivity index (χ0n) is 14.5. The van der Waals surface area contributed by atoms with Gasteiger partial charge in [-0.3, -0.25) is 0 Å². The van der Waals surface area contributed by atoms with Crippen molar-refractivity contribution in [1.29, 1.82) is 5.26 Å². The molecule has 0 spiro atoms. The number of nitrogens with two attached hydrogens (primary N) is 1. The second kappa shape index (κ2) is 6.55. The molecular weight excluding hydrogens is 366 g/mol. The van der Waals surface area contributed by atoms with Crippen LogP contribution in [0.1, 0.15) is 11.3 Å². The molecule has 0 aliphatic carbocycles. The number of hydrogen-bond donors (Lipinski definition) is 2. The maximum Gasteiger partial charge on any atom is 0.222 e. The van der Waals surface area contributed by atoms with Crippen molar-refractivity contribution in [3.8, 4) is 11.8 Å². The molecule has 3 heterocycles. The third-order valence-electron chi connectivity index (χ3n) is 3.96. The Labute approximate surface area is 157 Å². The van der Waals surface area contributed by atoms with Crippen LogP contribution in [-0.2, 0) is 0 Å². The van der Waals surface area contributed by atoms with Crippen molar-refractivity contribution in [1.82, 2.24) is 24.7 Å². The number of aryl methyl sites for hydroxylation is 1. The Morgan fingerprint density at radius 2 is 2.04 bits per heavy atom. The van der Waals surface area contributed by atoms with Gasteiger partial charge in [-0.05, 0) is 19.1 Å². The third kappa shape index (κ3) is 2.95. The van der Waals surface area contributed by atoms with Crippen LogP contribution in [0.25, 0.3) is 16.6 Å². The van der Waals surface area contributed by atoms with Gasteiger partial charge in [-0.1, -0.05) is 6.07 Å². The van der Waals surface area contributed by atoms with Crippen LogP contribution >= 0.6 is 0 Å². The highest BCUT2D eigenvalue weighted by Crippen LogP contribution is 2.28. The van der Waals surface area contributed by atoms with Gasteiger partial charge in [-0.15, -0.1) is 0 Å². The van der Waals surface area contributed by atoms with E-state index in [1.54, 1.807) is 13.0 Å². The topological polar surface area (TPSA) is 118 Å². The summed E-state index contributed by atoms with van der Waals surface area (Å²) in [4.78, 5) is 12.1. The second-order valence-corrected chi connectivity index (χ2v) is 5.92. The molecule has 8 nitrogen and oxygen atoms in total. The van der Waals surface area contributed by atoms with E-state index in [1.165, 1.54) is 24.4 Å². The van der Waals surface area contributed by atoms with Gasteiger partial charge in [0.15, 0.2) is 5.82 Å². The van der Waals surface area contributed by atoms with Crippen molar-refractivity contribution >= 4 is 28.5 Å². The SMILES string of the molecule is Cc1cc(Nc2ncc(F)c3nn(-c4c(F)cccc4C#N)cc23)nc(N)n1. The summed E-state index contributed by atoms with van der Waals surface area (Å²) in [6, 6.07) is 7.61. The minimum Gasteiger partial charge on any atom is -0.368 e. The molecule has 138 valence electrons. The summed E-state index contributed by atoms with van der Waals surface area (Å²) in [6.07, 6.45) is 2.39. The molecule has 1 aromatic carbocycles. The van der Waals surface area contributed by atoms with Crippen LogP contribution in [0.2, 0.25) is 0 Å². The number of halogens is 2. The van der Waals surface area contributed by atoms with Gasteiger partial charge in [-0.2, -0.15) is 15.3 Å². The van der Waals surface area contributed by atoms with E-state index in [-0.39, 0.29) is 33.9 Å². The van der Waals surface area contributed by atoms with Gasteiger partial charge in [0.05, 0.1) is 17.1 Å². The number of hydrogen-bond acceptors (Lipinski definition) is 7. The Balaban J connectivity index is 1.88. The second-order valence-electron chi connectivity index (χ2n) is 5.92. The average Bonchev–Trinajstić information content (AvgIpc) is 3.09. The molecule has 28 heavy (non-hydrogen) atoms. The molecule has 0 saturated heterocycles. The Morgan fingerprint density at radius 3 is 2.79 bits per heavy atom. The lowest BCUT2D eigenvalue weighted by Gasteiger charge is -2.07. The first-order chi connectivity index (χ1) is 13.5. The quantitative estimate of drug-likeness (QED) is 0.562. The van der Waals surface area contributed by atoms with Crippen molar-refractivity contribution < 1.29 is 8.78 Å². The Hall–Kier alpha value is -4.13. The van der Waals surface area contributed by atoms with Crippen molar-refractivity contribution in [2.45, 2.75) is 6.92 Å². The minimum atomic E-state index is -0.687. The summed E-state index contributed by atoms with van der Waals surface area (Å²) in [5.41, 5.74) is 6.23. The van der Waals surface area contributed by atoms with Crippen molar-refractivity contribution in [2.24, 2.45) is 0 Å². The van der Waals surface area contributed by atoms with Gasteiger partial charge in [-0.25, -0.2) is 23.4 Å². The van der Waals surface area contributed by atoms with Crippen LogP contribution in [0, 0.1) is 29.9 Å². The molecule has 0 bridgehead atoms. The number of pyridine rings is 1. The van der Waals surface area contributed by atoms with Crippen molar-refractivity contribution in [3.05, 3.63) is 59.6 Å². The fourth-order valence-electron chi connectivity index (χ4n) is 2.80. The molecule has 4 rings (SSSR count). The molecule has 0 aliphatic heterocycles. The largest absolute Gasteiger partial charge is 0.368 e. The summed E-state index contributed by atoms with van der Waals surface area (Å²) in [5, 5.41) is 16.6. The number of rotatable bonds is 3. The highest BCUT2D eigenvalue weighted by molar-refractivity contribution is 5.91. The normalized spacial score (nSPS) is 10.8. The van der Waals surface area contributed by atoms with Crippen LogP contribution in [0.3, 0.4) is 0 Å². The maximum atomic E-state index is 14.3. The van der Waals surface area contributed by atoms with Gasteiger partial charge in [0, 0.05) is 18.0 Å². The standard InChI is InChI=1S/C18H12F2N8/c1-9-5-14(26-18(22)24-9)25-17-11-8-28(27-15(11)13(20)7-23-17)16-10(6-21)3-2-4-12(16)19/h2-5,7-8H,1H3,(H3,22,23,24,25,26). The molecule has 0 fully saturated rings. The molecule has 4 aromatic rings. The first-order valence-corrected chi connectivity index (χ1v) is 8.07. The third-order valence-corrected chi connectivity index (χ3v) is 3.96. The molecule has 0 saturated carbocycles. The molecule has 0 amide bonds.